The zero-order valence-electron chi connectivity index (χ0n) is 14.9. The number of halogens is 1. The summed E-state index contributed by atoms with van der Waals surface area (Å²) in [5.41, 5.74) is 3.11. The van der Waals surface area contributed by atoms with Crippen molar-refractivity contribution in [3.63, 3.8) is 0 Å². The van der Waals surface area contributed by atoms with E-state index in [1.807, 2.05) is 37.3 Å². The van der Waals surface area contributed by atoms with Gasteiger partial charge in [-0.3, -0.25) is 4.79 Å². The highest BCUT2D eigenvalue weighted by molar-refractivity contribution is 9.10. The molecule has 1 saturated heterocycles. The van der Waals surface area contributed by atoms with Crippen LogP contribution in [0.25, 0.3) is 6.08 Å². The van der Waals surface area contributed by atoms with E-state index in [1.54, 1.807) is 6.08 Å². The molecule has 0 aliphatic carbocycles. The number of amides is 1. The van der Waals surface area contributed by atoms with E-state index in [0.717, 1.165) is 21.3 Å². The molecule has 0 aromatic heterocycles. The van der Waals surface area contributed by atoms with Crippen LogP contribution in [0.1, 0.15) is 16.7 Å². The summed E-state index contributed by atoms with van der Waals surface area (Å²) in [7, 11) is 0. The normalized spacial score (nSPS) is 15.1. The maximum absolute atomic E-state index is 11.9. The van der Waals surface area contributed by atoms with Crippen molar-refractivity contribution < 1.29 is 14.3 Å². The van der Waals surface area contributed by atoms with Gasteiger partial charge >= 0.3 is 0 Å². The van der Waals surface area contributed by atoms with Gasteiger partial charge in [0.1, 0.15) is 29.0 Å². The summed E-state index contributed by atoms with van der Waals surface area (Å²) < 4.78 is 13.1. The minimum atomic E-state index is -0.186. The zero-order chi connectivity index (χ0) is 19.4. The van der Waals surface area contributed by atoms with Crippen LogP contribution < -0.4 is 14.8 Å². The molecule has 0 saturated carbocycles. The van der Waals surface area contributed by atoms with Crippen LogP contribution in [0.2, 0.25) is 0 Å². The fourth-order valence-electron chi connectivity index (χ4n) is 2.59. The topological polar surface area (TPSA) is 47.6 Å². The second-order valence-corrected chi connectivity index (χ2v) is 8.63. The molecule has 1 heterocycles. The second kappa shape index (κ2) is 8.91. The molecule has 2 aromatic rings. The Balaban J connectivity index is 1.66. The lowest BCUT2D eigenvalue weighted by Crippen LogP contribution is -2.17. The van der Waals surface area contributed by atoms with E-state index in [9.17, 15) is 4.79 Å². The van der Waals surface area contributed by atoms with E-state index in [1.165, 1.54) is 17.3 Å². The predicted molar refractivity (Wildman–Crippen MR) is 117 cm³/mol. The number of carbonyl (C=O) groups excluding carboxylic acids is 1. The van der Waals surface area contributed by atoms with Crippen LogP contribution in [0.5, 0.6) is 11.5 Å². The van der Waals surface area contributed by atoms with Gasteiger partial charge < -0.3 is 14.8 Å². The molecule has 3 rings (SSSR count). The van der Waals surface area contributed by atoms with E-state index in [-0.39, 0.29) is 5.91 Å². The van der Waals surface area contributed by atoms with Gasteiger partial charge in [-0.2, -0.15) is 0 Å². The minimum Gasteiger partial charge on any atom is -0.490 e. The number of aryl methyl sites for hydroxylation is 2. The highest BCUT2D eigenvalue weighted by Gasteiger charge is 2.22. The smallest absolute Gasteiger partial charge is 0.263 e. The molecular formula is C20H18BrNO3S2. The van der Waals surface area contributed by atoms with Crippen LogP contribution in [-0.2, 0) is 4.79 Å². The van der Waals surface area contributed by atoms with Crippen LogP contribution in [0.3, 0.4) is 0 Å². The Labute approximate surface area is 176 Å². The van der Waals surface area contributed by atoms with Crippen LogP contribution in [0, 0.1) is 13.8 Å². The first-order valence-electron chi connectivity index (χ1n) is 8.29. The van der Waals surface area contributed by atoms with Gasteiger partial charge in [0.2, 0.25) is 0 Å². The van der Waals surface area contributed by atoms with Crippen molar-refractivity contribution in [2.75, 3.05) is 13.2 Å². The molecule has 4 nitrogen and oxygen atoms in total. The van der Waals surface area contributed by atoms with Gasteiger partial charge in [0, 0.05) is 10.0 Å². The zero-order valence-corrected chi connectivity index (χ0v) is 18.1. The lowest BCUT2D eigenvalue weighted by molar-refractivity contribution is -0.115. The molecule has 1 fully saturated rings. The molecular weight excluding hydrogens is 446 g/mol. The average molecular weight is 464 g/mol. The molecule has 0 unspecified atom stereocenters. The largest absolute Gasteiger partial charge is 0.490 e. The summed E-state index contributed by atoms with van der Waals surface area (Å²) >= 11 is 9.74. The van der Waals surface area contributed by atoms with E-state index in [0.29, 0.717) is 28.2 Å². The molecule has 0 spiro atoms. The third-order valence-corrected chi connectivity index (χ3v) is 5.49. The SMILES string of the molecule is Cc1ccc(OCCOc2ccc(Br)cc2/C=C2/SC(=S)NC2=O)c(C)c1. The molecule has 1 amide bonds. The standard InChI is InChI=1S/C20H18BrNO3S2/c1-12-3-5-16(13(2)9-12)24-7-8-25-17-6-4-15(21)10-14(17)11-18-19(23)22-20(26)27-18/h3-6,9-11H,7-8H2,1-2H3,(H,22,23,26)/b18-11+. The van der Waals surface area contributed by atoms with Gasteiger partial charge in [0.25, 0.3) is 5.91 Å². The van der Waals surface area contributed by atoms with Crippen molar-refractivity contribution >= 4 is 56.2 Å². The first-order chi connectivity index (χ1) is 12.9. The number of rotatable bonds is 6. The Hall–Kier alpha value is -1.83. The lowest BCUT2D eigenvalue weighted by atomic mass is 10.1. The maximum atomic E-state index is 11.9. The third kappa shape index (κ3) is 5.34. The van der Waals surface area contributed by atoms with Crippen LogP contribution in [0.4, 0.5) is 0 Å². The molecule has 1 aliphatic rings. The number of benzene rings is 2. The van der Waals surface area contributed by atoms with Gasteiger partial charge in [-0.05, 0) is 49.8 Å². The van der Waals surface area contributed by atoms with Crippen LogP contribution >= 0.6 is 39.9 Å². The Bertz CT molecular complexity index is 927. The van der Waals surface area contributed by atoms with Gasteiger partial charge in [-0.1, -0.05) is 57.6 Å². The first-order valence-corrected chi connectivity index (χ1v) is 10.3. The van der Waals surface area contributed by atoms with Crippen molar-refractivity contribution in [1.29, 1.82) is 0 Å². The van der Waals surface area contributed by atoms with Crippen molar-refractivity contribution in [3.8, 4) is 11.5 Å². The Morgan fingerprint density at radius 1 is 1.11 bits per heavy atom. The van der Waals surface area contributed by atoms with Gasteiger partial charge in [-0.15, -0.1) is 0 Å². The van der Waals surface area contributed by atoms with E-state index in [4.69, 9.17) is 21.7 Å². The van der Waals surface area contributed by atoms with Gasteiger partial charge in [-0.25, -0.2) is 0 Å². The number of nitrogens with one attached hydrogen (secondary N) is 1. The average Bonchev–Trinajstić information content (AvgIpc) is 2.92. The summed E-state index contributed by atoms with van der Waals surface area (Å²) in [5.74, 6) is 1.35. The van der Waals surface area contributed by atoms with Gasteiger partial charge in [0.15, 0.2) is 0 Å². The molecule has 2 aromatic carbocycles. The van der Waals surface area contributed by atoms with Crippen LogP contribution in [0.15, 0.2) is 45.8 Å². The monoisotopic (exact) mass is 463 g/mol. The highest BCUT2D eigenvalue weighted by Crippen LogP contribution is 2.31. The highest BCUT2D eigenvalue weighted by atomic mass is 79.9. The Morgan fingerprint density at radius 2 is 1.81 bits per heavy atom. The lowest BCUT2D eigenvalue weighted by Gasteiger charge is -2.12. The Kier molecular flexibility index (Phi) is 6.57. The molecule has 140 valence electrons. The number of hydrogen-bond acceptors (Lipinski definition) is 5. The van der Waals surface area contributed by atoms with Crippen LogP contribution in [-0.4, -0.2) is 23.4 Å². The van der Waals surface area contributed by atoms with Crippen molar-refractivity contribution in [1.82, 2.24) is 5.32 Å². The summed E-state index contributed by atoms with van der Waals surface area (Å²) in [6, 6.07) is 11.8. The number of ether oxygens (including phenoxy) is 2. The fourth-order valence-corrected chi connectivity index (χ4v) is 4.00. The number of hydrogen-bond donors (Lipinski definition) is 1. The van der Waals surface area contributed by atoms with E-state index in [2.05, 4.69) is 34.2 Å². The summed E-state index contributed by atoms with van der Waals surface area (Å²) in [6.07, 6.45) is 1.78. The number of thiocarbonyl (C=S) groups is 1. The second-order valence-electron chi connectivity index (χ2n) is 6.00. The fraction of sp³-hybridized carbons (Fsp3) is 0.200. The molecule has 0 radical (unpaired) electrons. The summed E-state index contributed by atoms with van der Waals surface area (Å²) in [4.78, 5) is 12.4. The molecule has 7 heteroatoms. The number of carbonyl (C=O) groups is 1. The van der Waals surface area contributed by atoms with Crippen molar-refractivity contribution in [3.05, 3.63) is 62.5 Å². The molecule has 1 N–H and O–H groups in total. The molecule has 0 atom stereocenters. The van der Waals surface area contributed by atoms with E-state index >= 15 is 0 Å². The third-order valence-electron chi connectivity index (χ3n) is 3.83. The summed E-state index contributed by atoms with van der Waals surface area (Å²) in [6.45, 7) is 4.90. The quantitative estimate of drug-likeness (QED) is 0.370. The maximum Gasteiger partial charge on any atom is 0.263 e. The Morgan fingerprint density at radius 3 is 2.48 bits per heavy atom. The summed E-state index contributed by atoms with van der Waals surface area (Å²) in [5, 5.41) is 2.62. The first kappa shape index (κ1) is 19.9. The molecule has 0 bridgehead atoms. The van der Waals surface area contributed by atoms with Crippen molar-refractivity contribution in [2.45, 2.75) is 13.8 Å². The molecule has 27 heavy (non-hydrogen) atoms. The number of thioether (sulfide) groups is 1. The minimum absolute atomic E-state index is 0.186. The van der Waals surface area contributed by atoms with Crippen molar-refractivity contribution in [2.24, 2.45) is 0 Å². The predicted octanol–water partition coefficient (Wildman–Crippen LogP) is 5.01. The van der Waals surface area contributed by atoms with E-state index < -0.39 is 0 Å². The molecule has 1 aliphatic heterocycles. The van der Waals surface area contributed by atoms with Gasteiger partial charge in [0.05, 0.1) is 4.91 Å².